The fourth-order valence-corrected chi connectivity index (χ4v) is 1.62. The molecule has 0 aliphatic carbocycles. The van der Waals surface area contributed by atoms with Gasteiger partial charge in [0.25, 0.3) is 5.69 Å². The van der Waals surface area contributed by atoms with Gasteiger partial charge in [0.2, 0.25) is 0 Å². The number of halogens is 4. The van der Waals surface area contributed by atoms with Crippen LogP contribution in [0.15, 0.2) is 12.1 Å². The average molecular weight is 268 g/mol. The highest BCUT2D eigenvalue weighted by molar-refractivity contribution is 6.34. The number of carbonyl (C=O) groups is 1. The van der Waals surface area contributed by atoms with Gasteiger partial charge < -0.3 is 0 Å². The van der Waals surface area contributed by atoms with Crippen molar-refractivity contribution in [1.82, 2.24) is 0 Å². The molecule has 0 heterocycles. The zero-order chi connectivity index (χ0) is 13.4. The van der Waals surface area contributed by atoms with Crippen molar-refractivity contribution < 1.29 is 22.9 Å². The SMILES string of the molecule is CC(=O)c1ccc([N+](=O)[O-])c(Cl)c1C(F)(F)F. The minimum Gasteiger partial charge on any atom is -0.294 e. The molecule has 92 valence electrons. The number of carbonyl (C=O) groups excluding carboxylic acids is 1. The predicted molar refractivity (Wildman–Crippen MR) is 53.1 cm³/mol. The Morgan fingerprint density at radius 2 is 1.94 bits per heavy atom. The van der Waals surface area contributed by atoms with Crippen LogP contribution in [0.1, 0.15) is 22.8 Å². The van der Waals surface area contributed by atoms with Gasteiger partial charge in [-0.1, -0.05) is 11.6 Å². The Balaban J connectivity index is 3.65. The van der Waals surface area contributed by atoms with E-state index in [1.54, 1.807) is 0 Å². The molecule has 1 rings (SSSR count). The lowest BCUT2D eigenvalue weighted by atomic mass is 10.0. The van der Waals surface area contributed by atoms with Crippen molar-refractivity contribution in [2.75, 3.05) is 0 Å². The molecule has 0 unspecified atom stereocenters. The van der Waals surface area contributed by atoms with Crippen molar-refractivity contribution in [3.63, 3.8) is 0 Å². The first-order valence-electron chi connectivity index (χ1n) is 4.21. The van der Waals surface area contributed by atoms with Gasteiger partial charge in [0, 0.05) is 11.6 Å². The van der Waals surface area contributed by atoms with Gasteiger partial charge in [0.1, 0.15) is 5.02 Å². The quantitative estimate of drug-likeness (QED) is 0.468. The summed E-state index contributed by atoms with van der Waals surface area (Å²) < 4.78 is 38.0. The molecule has 0 fully saturated rings. The Labute approximate surface area is 98.1 Å². The van der Waals surface area contributed by atoms with Crippen LogP contribution in [-0.2, 0) is 6.18 Å². The van der Waals surface area contributed by atoms with Gasteiger partial charge in [-0.25, -0.2) is 0 Å². The third-order valence-corrected chi connectivity index (χ3v) is 2.36. The molecule has 17 heavy (non-hydrogen) atoms. The average Bonchev–Trinajstić information content (AvgIpc) is 2.14. The first-order valence-corrected chi connectivity index (χ1v) is 4.59. The van der Waals surface area contributed by atoms with Gasteiger partial charge in [0.05, 0.1) is 10.5 Å². The molecule has 8 heteroatoms. The van der Waals surface area contributed by atoms with E-state index in [0.29, 0.717) is 0 Å². The number of nitro benzene ring substituents is 1. The molecule has 0 saturated carbocycles. The number of nitro groups is 1. The number of rotatable bonds is 2. The van der Waals surface area contributed by atoms with E-state index in [1.807, 2.05) is 0 Å². The first kappa shape index (κ1) is 13.4. The standard InChI is InChI=1S/C9H5ClF3NO3/c1-4(15)5-2-3-6(14(16)17)8(10)7(5)9(11,12)13/h2-3H,1H3. The smallest absolute Gasteiger partial charge is 0.294 e. The molecule has 0 amide bonds. The Morgan fingerprint density at radius 1 is 1.41 bits per heavy atom. The van der Waals surface area contributed by atoms with Crippen LogP contribution in [0.2, 0.25) is 5.02 Å². The number of alkyl halides is 3. The van der Waals surface area contributed by atoms with E-state index in [2.05, 4.69) is 0 Å². The normalized spacial score (nSPS) is 11.4. The van der Waals surface area contributed by atoms with Gasteiger partial charge >= 0.3 is 6.18 Å². The van der Waals surface area contributed by atoms with Crippen LogP contribution in [0.3, 0.4) is 0 Å². The van der Waals surface area contributed by atoms with Gasteiger partial charge in [-0.3, -0.25) is 14.9 Å². The molecule has 4 nitrogen and oxygen atoms in total. The van der Waals surface area contributed by atoms with E-state index in [9.17, 15) is 28.1 Å². The maximum Gasteiger partial charge on any atom is 0.418 e. The van der Waals surface area contributed by atoms with E-state index in [4.69, 9.17) is 11.6 Å². The third kappa shape index (κ3) is 2.55. The summed E-state index contributed by atoms with van der Waals surface area (Å²) in [6.45, 7) is 0.923. The number of ketones is 1. The molecule has 0 spiro atoms. The Hall–Kier alpha value is -1.63. The minimum atomic E-state index is -4.93. The summed E-state index contributed by atoms with van der Waals surface area (Å²) in [7, 11) is 0. The number of Topliss-reactive ketones (excluding diaryl/α,β-unsaturated/α-hetero) is 1. The highest BCUT2D eigenvalue weighted by atomic mass is 35.5. The molecular formula is C9H5ClF3NO3. The van der Waals surface area contributed by atoms with Crippen LogP contribution < -0.4 is 0 Å². The lowest BCUT2D eigenvalue weighted by Crippen LogP contribution is -2.13. The van der Waals surface area contributed by atoms with Gasteiger partial charge in [-0.15, -0.1) is 0 Å². The molecule has 1 aromatic rings. The van der Waals surface area contributed by atoms with E-state index < -0.39 is 38.7 Å². The second kappa shape index (κ2) is 4.33. The summed E-state index contributed by atoms with van der Waals surface area (Å²) in [5, 5.41) is 9.38. The molecule has 1 aromatic carbocycles. The molecule has 0 aromatic heterocycles. The number of benzene rings is 1. The monoisotopic (exact) mass is 267 g/mol. The maximum absolute atomic E-state index is 12.7. The van der Waals surface area contributed by atoms with Crippen LogP contribution in [0.4, 0.5) is 18.9 Å². The van der Waals surface area contributed by atoms with Crippen molar-refractivity contribution in [2.45, 2.75) is 13.1 Å². The molecule has 0 aliphatic rings. The fourth-order valence-electron chi connectivity index (χ4n) is 1.28. The predicted octanol–water partition coefficient (Wildman–Crippen LogP) is 3.47. The lowest BCUT2D eigenvalue weighted by molar-refractivity contribution is -0.385. The van der Waals surface area contributed by atoms with Crippen molar-refractivity contribution in [1.29, 1.82) is 0 Å². The van der Waals surface area contributed by atoms with Crippen LogP contribution in [-0.4, -0.2) is 10.7 Å². The van der Waals surface area contributed by atoms with E-state index in [0.717, 1.165) is 19.1 Å². The summed E-state index contributed by atoms with van der Waals surface area (Å²) in [6, 6.07) is 1.52. The molecule has 0 saturated heterocycles. The van der Waals surface area contributed by atoms with Gasteiger partial charge in [-0.05, 0) is 13.0 Å². The maximum atomic E-state index is 12.7. The minimum absolute atomic E-state index is 0.687. The second-order valence-electron chi connectivity index (χ2n) is 3.13. The second-order valence-corrected chi connectivity index (χ2v) is 3.51. The summed E-state index contributed by atoms with van der Waals surface area (Å²) in [5.41, 5.74) is -3.04. The van der Waals surface area contributed by atoms with Crippen LogP contribution in [0.25, 0.3) is 0 Å². The Bertz CT molecular complexity index is 499. The zero-order valence-electron chi connectivity index (χ0n) is 8.34. The summed E-state index contributed by atoms with van der Waals surface area (Å²) in [4.78, 5) is 20.4. The van der Waals surface area contributed by atoms with Gasteiger partial charge in [-0.2, -0.15) is 13.2 Å². The van der Waals surface area contributed by atoms with Crippen molar-refractivity contribution in [3.05, 3.63) is 38.4 Å². The van der Waals surface area contributed by atoms with Crippen molar-refractivity contribution in [3.8, 4) is 0 Å². The third-order valence-electron chi connectivity index (χ3n) is 1.98. The Kier molecular flexibility index (Phi) is 3.42. The number of nitrogens with zero attached hydrogens (tertiary/aromatic N) is 1. The van der Waals surface area contributed by atoms with E-state index >= 15 is 0 Å². The molecule has 0 atom stereocenters. The lowest BCUT2D eigenvalue weighted by Gasteiger charge is -2.12. The van der Waals surface area contributed by atoms with Gasteiger partial charge in [0.15, 0.2) is 5.78 Å². The molecule has 0 aliphatic heterocycles. The number of hydrogen-bond donors (Lipinski definition) is 0. The van der Waals surface area contributed by atoms with Crippen molar-refractivity contribution >= 4 is 23.1 Å². The molecule has 0 bridgehead atoms. The number of hydrogen-bond acceptors (Lipinski definition) is 3. The largest absolute Gasteiger partial charge is 0.418 e. The van der Waals surface area contributed by atoms with Crippen LogP contribution >= 0.6 is 11.6 Å². The Morgan fingerprint density at radius 3 is 2.29 bits per heavy atom. The van der Waals surface area contributed by atoms with E-state index in [-0.39, 0.29) is 0 Å². The highest BCUT2D eigenvalue weighted by Gasteiger charge is 2.40. The summed E-state index contributed by atoms with van der Waals surface area (Å²) in [6.07, 6.45) is -4.93. The molecular weight excluding hydrogens is 263 g/mol. The molecule has 0 radical (unpaired) electrons. The van der Waals surface area contributed by atoms with Crippen LogP contribution in [0.5, 0.6) is 0 Å². The first-order chi connectivity index (χ1) is 7.66. The van der Waals surface area contributed by atoms with Crippen molar-refractivity contribution in [2.24, 2.45) is 0 Å². The van der Waals surface area contributed by atoms with E-state index in [1.165, 1.54) is 0 Å². The summed E-state index contributed by atoms with van der Waals surface area (Å²) >= 11 is 5.32. The highest BCUT2D eigenvalue weighted by Crippen LogP contribution is 2.41. The summed E-state index contributed by atoms with van der Waals surface area (Å²) in [5.74, 6) is -0.867. The topological polar surface area (TPSA) is 60.2 Å². The fraction of sp³-hybridized carbons (Fsp3) is 0.222. The zero-order valence-corrected chi connectivity index (χ0v) is 9.09. The van der Waals surface area contributed by atoms with Crippen LogP contribution in [0, 0.1) is 10.1 Å². The molecule has 0 N–H and O–H groups in total.